The number of hydrogen-bond acceptors (Lipinski definition) is 9. The SMILES string of the molecule is CC1CC(c2ncc(-c3nc(Nc4ccc(S(=O)(=O)N5CCN(C)CC5)c(OC(F)(F)F)c4)ncc3F)[nH]2)CCO1. The van der Waals surface area contributed by atoms with Gasteiger partial charge >= 0.3 is 6.36 Å². The third kappa shape index (κ3) is 6.77. The van der Waals surface area contributed by atoms with Gasteiger partial charge in [-0.05, 0) is 38.9 Å². The minimum absolute atomic E-state index is 0.000582. The van der Waals surface area contributed by atoms with Crippen LogP contribution < -0.4 is 10.1 Å². The van der Waals surface area contributed by atoms with Crippen LogP contribution >= 0.6 is 0 Å². The van der Waals surface area contributed by atoms with Crippen molar-refractivity contribution in [3.63, 3.8) is 0 Å². The quantitative estimate of drug-likeness (QED) is 0.390. The first-order valence-electron chi connectivity index (χ1n) is 12.9. The molecule has 11 nitrogen and oxygen atoms in total. The molecule has 41 heavy (non-hydrogen) atoms. The number of ether oxygens (including phenoxy) is 2. The number of rotatable bonds is 7. The van der Waals surface area contributed by atoms with Gasteiger partial charge in [0.1, 0.15) is 16.4 Å². The van der Waals surface area contributed by atoms with Crippen molar-refractivity contribution in [3.05, 3.63) is 42.2 Å². The smallest absolute Gasteiger partial charge is 0.404 e. The van der Waals surface area contributed by atoms with E-state index >= 15 is 0 Å². The zero-order valence-electron chi connectivity index (χ0n) is 22.3. The van der Waals surface area contributed by atoms with Gasteiger partial charge in [-0.2, -0.15) is 4.31 Å². The Morgan fingerprint density at radius 3 is 2.61 bits per heavy atom. The predicted octanol–water partition coefficient (Wildman–Crippen LogP) is 3.87. The van der Waals surface area contributed by atoms with Crippen LogP contribution in [0.5, 0.6) is 5.75 Å². The Balaban J connectivity index is 1.41. The molecule has 2 fully saturated rings. The molecule has 2 unspecified atom stereocenters. The molecule has 2 atom stereocenters. The Hall–Kier alpha value is -3.34. The normalized spacial score (nSPS) is 21.1. The van der Waals surface area contributed by atoms with E-state index in [2.05, 4.69) is 30.0 Å². The number of alkyl halides is 3. The minimum atomic E-state index is -5.15. The van der Waals surface area contributed by atoms with Crippen molar-refractivity contribution in [3.8, 4) is 17.1 Å². The van der Waals surface area contributed by atoms with Crippen molar-refractivity contribution in [2.24, 2.45) is 0 Å². The monoisotopic (exact) mass is 599 g/mol. The zero-order chi connectivity index (χ0) is 29.4. The molecule has 0 spiro atoms. The first-order chi connectivity index (χ1) is 19.4. The van der Waals surface area contributed by atoms with Crippen LogP contribution in [0.4, 0.5) is 29.2 Å². The van der Waals surface area contributed by atoms with E-state index in [1.54, 1.807) is 0 Å². The van der Waals surface area contributed by atoms with Crippen LogP contribution in [0.3, 0.4) is 0 Å². The first kappa shape index (κ1) is 29.2. The molecule has 0 radical (unpaired) electrons. The van der Waals surface area contributed by atoms with E-state index in [1.165, 1.54) is 12.3 Å². The van der Waals surface area contributed by atoms with E-state index in [4.69, 9.17) is 4.74 Å². The van der Waals surface area contributed by atoms with Crippen molar-refractivity contribution in [2.75, 3.05) is 45.2 Å². The molecule has 3 aromatic rings. The van der Waals surface area contributed by atoms with Crippen LogP contribution in [-0.4, -0.2) is 89.9 Å². The van der Waals surface area contributed by atoms with Crippen LogP contribution in [0.2, 0.25) is 0 Å². The average Bonchev–Trinajstić information content (AvgIpc) is 3.39. The first-order valence-corrected chi connectivity index (χ1v) is 14.4. The Morgan fingerprint density at radius 2 is 1.90 bits per heavy atom. The van der Waals surface area contributed by atoms with Gasteiger partial charge in [-0.25, -0.2) is 27.8 Å². The number of halogens is 4. The molecule has 5 rings (SSSR count). The van der Waals surface area contributed by atoms with Gasteiger partial charge < -0.3 is 24.7 Å². The highest BCUT2D eigenvalue weighted by molar-refractivity contribution is 7.89. The molecule has 1 aromatic carbocycles. The fourth-order valence-electron chi connectivity index (χ4n) is 4.83. The predicted molar refractivity (Wildman–Crippen MR) is 140 cm³/mol. The van der Waals surface area contributed by atoms with Crippen LogP contribution in [0.1, 0.15) is 31.5 Å². The van der Waals surface area contributed by atoms with E-state index in [0.29, 0.717) is 31.2 Å². The number of piperazine rings is 1. The molecule has 0 bridgehead atoms. The van der Waals surface area contributed by atoms with Gasteiger partial charge in [0.15, 0.2) is 11.6 Å². The van der Waals surface area contributed by atoms with Crippen molar-refractivity contribution in [2.45, 2.75) is 43.0 Å². The molecule has 222 valence electrons. The molecule has 4 heterocycles. The molecular weight excluding hydrogens is 570 g/mol. The Kier molecular flexibility index (Phi) is 8.18. The zero-order valence-corrected chi connectivity index (χ0v) is 23.1. The van der Waals surface area contributed by atoms with Gasteiger partial charge in [-0.15, -0.1) is 13.2 Å². The Labute approximate surface area is 234 Å². The molecule has 2 aromatic heterocycles. The molecule has 16 heteroatoms. The molecule has 0 aliphatic carbocycles. The average molecular weight is 600 g/mol. The summed E-state index contributed by atoms with van der Waals surface area (Å²) in [5.41, 5.74) is 0.208. The van der Waals surface area contributed by atoms with Gasteiger partial charge in [-0.3, -0.25) is 0 Å². The summed E-state index contributed by atoms with van der Waals surface area (Å²) in [4.78, 5) is 16.8. The lowest BCUT2D eigenvalue weighted by molar-refractivity contribution is -0.275. The fraction of sp³-hybridized carbons (Fsp3) is 0.480. The molecule has 0 saturated carbocycles. The van der Waals surface area contributed by atoms with Crippen molar-refractivity contribution in [1.82, 2.24) is 29.1 Å². The molecule has 2 aliphatic heterocycles. The van der Waals surface area contributed by atoms with E-state index in [0.717, 1.165) is 35.5 Å². The third-order valence-electron chi connectivity index (χ3n) is 6.97. The summed E-state index contributed by atoms with van der Waals surface area (Å²) in [5, 5.41) is 2.71. The number of benzene rings is 1. The highest BCUT2D eigenvalue weighted by Gasteiger charge is 2.36. The lowest BCUT2D eigenvalue weighted by atomic mass is 9.96. The van der Waals surface area contributed by atoms with Gasteiger partial charge in [0, 0.05) is 50.5 Å². The van der Waals surface area contributed by atoms with Crippen molar-refractivity contribution >= 4 is 21.7 Å². The Bertz CT molecular complexity index is 1490. The number of aromatic amines is 1. The van der Waals surface area contributed by atoms with E-state index in [1.807, 2.05) is 18.9 Å². The second kappa shape index (κ2) is 11.5. The maximum atomic E-state index is 14.7. The standard InChI is InChI=1S/C25H29F4N7O4S/c1-15-11-16(5-10-39-15)23-30-14-19(33-23)22-18(26)13-31-24(34-22)32-17-3-4-21(20(12-17)40-25(27,28)29)41(37,38)36-8-6-35(2)7-9-36/h3-4,12-16H,5-11H2,1-2H3,(H,30,33)(H,31,32,34). The second-order valence-electron chi connectivity index (χ2n) is 10.0. The van der Waals surface area contributed by atoms with Crippen LogP contribution in [0.25, 0.3) is 11.4 Å². The summed E-state index contributed by atoms with van der Waals surface area (Å²) in [6.07, 6.45) is -1.18. The van der Waals surface area contributed by atoms with Gasteiger partial charge in [0.2, 0.25) is 16.0 Å². The topological polar surface area (TPSA) is 126 Å². The van der Waals surface area contributed by atoms with Crippen molar-refractivity contribution in [1.29, 1.82) is 0 Å². The largest absolute Gasteiger partial charge is 0.573 e. The Morgan fingerprint density at radius 1 is 1.15 bits per heavy atom. The van der Waals surface area contributed by atoms with E-state index < -0.39 is 32.8 Å². The summed E-state index contributed by atoms with van der Waals surface area (Å²) in [6.45, 7) is 3.68. The summed E-state index contributed by atoms with van der Waals surface area (Å²) >= 11 is 0. The number of sulfonamides is 1. The number of nitrogens with zero attached hydrogens (tertiary/aromatic N) is 5. The molecule has 2 aliphatic rings. The number of imidazole rings is 1. The number of aromatic nitrogens is 4. The number of hydrogen-bond donors (Lipinski definition) is 2. The van der Waals surface area contributed by atoms with Gasteiger partial charge in [0.05, 0.1) is 24.2 Å². The maximum absolute atomic E-state index is 14.7. The summed E-state index contributed by atoms with van der Waals surface area (Å²) < 4.78 is 91.7. The van der Waals surface area contributed by atoms with Crippen LogP contribution in [0.15, 0.2) is 35.5 Å². The molecule has 2 saturated heterocycles. The number of likely N-dealkylation sites (N-methyl/N-ethyl adjacent to an activating group) is 1. The highest BCUT2D eigenvalue weighted by Crippen LogP contribution is 2.35. The highest BCUT2D eigenvalue weighted by atomic mass is 32.2. The lowest BCUT2D eigenvalue weighted by Gasteiger charge is -2.32. The molecule has 0 amide bonds. The maximum Gasteiger partial charge on any atom is 0.573 e. The van der Waals surface area contributed by atoms with Gasteiger partial charge in [-0.1, -0.05) is 0 Å². The van der Waals surface area contributed by atoms with E-state index in [9.17, 15) is 26.0 Å². The lowest BCUT2D eigenvalue weighted by Crippen LogP contribution is -2.47. The molecular formula is C25H29F4N7O4S. The summed E-state index contributed by atoms with van der Waals surface area (Å²) in [7, 11) is -2.46. The summed E-state index contributed by atoms with van der Waals surface area (Å²) in [5.74, 6) is -0.991. The van der Waals surface area contributed by atoms with Crippen LogP contribution in [0, 0.1) is 5.82 Å². The van der Waals surface area contributed by atoms with Crippen molar-refractivity contribution < 1.29 is 35.5 Å². The van der Waals surface area contributed by atoms with Crippen LogP contribution in [-0.2, 0) is 14.8 Å². The molecule has 2 N–H and O–H groups in total. The third-order valence-corrected chi connectivity index (χ3v) is 8.91. The van der Waals surface area contributed by atoms with E-state index in [-0.39, 0.29) is 42.4 Å². The summed E-state index contributed by atoms with van der Waals surface area (Å²) in [6, 6.07) is 3.18. The number of anilines is 2. The second-order valence-corrected chi connectivity index (χ2v) is 11.9. The van der Waals surface area contributed by atoms with Gasteiger partial charge in [0.25, 0.3) is 0 Å². The fourth-order valence-corrected chi connectivity index (χ4v) is 6.34. The minimum Gasteiger partial charge on any atom is -0.404 e. The number of H-pyrrole nitrogens is 1. The number of nitrogens with one attached hydrogen (secondary N) is 2.